The fraction of sp³-hybridized carbons (Fsp3) is 0.167. The average Bonchev–Trinajstić information content (AvgIpc) is 2.90. The molecular weight excluding hydrogens is 234 g/mol. The molecule has 2 aromatic rings. The molecule has 6 nitrogen and oxygen atoms in total. The van der Waals surface area contributed by atoms with E-state index in [-0.39, 0.29) is 5.56 Å². The third kappa shape index (κ3) is 2.00. The van der Waals surface area contributed by atoms with Crippen LogP contribution in [0.2, 0.25) is 0 Å². The summed E-state index contributed by atoms with van der Waals surface area (Å²) in [4.78, 5) is 11.4. The lowest BCUT2D eigenvalue weighted by atomic mass is 10.0. The molecule has 6 heteroatoms. The number of amides is 1. The number of carbonyl (C=O) groups is 1. The number of hydrogen-bond donors (Lipinski definition) is 2. The second-order valence-electron chi connectivity index (χ2n) is 3.58. The maximum atomic E-state index is 11.4. The largest absolute Gasteiger partial charge is 0.497 e. The van der Waals surface area contributed by atoms with Crippen LogP contribution in [0.1, 0.15) is 10.4 Å². The number of methoxy groups -OCH3 is 2. The Bertz CT molecular complexity index is 564. The highest BCUT2D eigenvalue weighted by Crippen LogP contribution is 2.35. The van der Waals surface area contributed by atoms with E-state index in [0.29, 0.717) is 22.8 Å². The van der Waals surface area contributed by atoms with Crippen LogP contribution < -0.4 is 15.2 Å². The Morgan fingerprint density at radius 3 is 2.61 bits per heavy atom. The first kappa shape index (κ1) is 12.0. The highest BCUT2D eigenvalue weighted by molar-refractivity contribution is 5.98. The van der Waals surface area contributed by atoms with Gasteiger partial charge in [-0.25, -0.2) is 0 Å². The standard InChI is InChI=1S/C12H13N3O3/c1-17-7-5-8(10-3-4-14-15-10)11(18-2)9(6-7)12(13)16/h3-6H,1-2H3,(H2,13,16)(H,14,15). The lowest BCUT2D eigenvalue weighted by Crippen LogP contribution is -2.13. The summed E-state index contributed by atoms with van der Waals surface area (Å²) in [6.45, 7) is 0. The van der Waals surface area contributed by atoms with Crippen LogP contribution in [-0.4, -0.2) is 30.3 Å². The minimum atomic E-state index is -0.581. The molecule has 1 aromatic carbocycles. The number of nitrogens with two attached hydrogens (primary N) is 1. The summed E-state index contributed by atoms with van der Waals surface area (Å²) in [6, 6.07) is 5.04. The molecule has 18 heavy (non-hydrogen) atoms. The first-order valence-electron chi connectivity index (χ1n) is 5.23. The van der Waals surface area contributed by atoms with Crippen LogP contribution >= 0.6 is 0 Å². The van der Waals surface area contributed by atoms with Gasteiger partial charge in [-0.1, -0.05) is 0 Å². The molecule has 0 aliphatic carbocycles. The van der Waals surface area contributed by atoms with Gasteiger partial charge in [0.25, 0.3) is 5.91 Å². The number of primary amides is 1. The van der Waals surface area contributed by atoms with Gasteiger partial charge in [0, 0.05) is 11.8 Å². The SMILES string of the molecule is COc1cc(C(N)=O)c(OC)c(-c2cc[nH]n2)c1. The lowest BCUT2D eigenvalue weighted by Gasteiger charge is -2.12. The van der Waals surface area contributed by atoms with Crippen molar-refractivity contribution < 1.29 is 14.3 Å². The Morgan fingerprint density at radius 2 is 2.11 bits per heavy atom. The number of hydrogen-bond acceptors (Lipinski definition) is 4. The zero-order valence-corrected chi connectivity index (χ0v) is 10.1. The summed E-state index contributed by atoms with van der Waals surface area (Å²) in [6.07, 6.45) is 1.68. The Labute approximate surface area is 104 Å². The van der Waals surface area contributed by atoms with Crippen molar-refractivity contribution in [1.29, 1.82) is 0 Å². The quantitative estimate of drug-likeness (QED) is 0.849. The third-order valence-electron chi connectivity index (χ3n) is 2.54. The molecule has 0 radical (unpaired) electrons. The number of carbonyl (C=O) groups excluding carboxylic acids is 1. The molecule has 0 spiro atoms. The number of H-pyrrole nitrogens is 1. The van der Waals surface area contributed by atoms with E-state index in [2.05, 4.69) is 10.2 Å². The maximum Gasteiger partial charge on any atom is 0.252 e. The number of benzene rings is 1. The van der Waals surface area contributed by atoms with Crippen molar-refractivity contribution in [3.63, 3.8) is 0 Å². The van der Waals surface area contributed by atoms with Gasteiger partial charge in [0.1, 0.15) is 11.5 Å². The molecule has 1 amide bonds. The Hall–Kier alpha value is -2.50. The molecule has 0 aliphatic rings. The predicted octanol–water partition coefficient (Wildman–Crippen LogP) is 1.19. The molecule has 1 heterocycles. The molecule has 0 atom stereocenters. The van der Waals surface area contributed by atoms with Crippen molar-refractivity contribution >= 4 is 5.91 Å². The summed E-state index contributed by atoms with van der Waals surface area (Å²) < 4.78 is 10.4. The summed E-state index contributed by atoms with van der Waals surface area (Å²) in [7, 11) is 2.99. The monoisotopic (exact) mass is 247 g/mol. The average molecular weight is 247 g/mol. The zero-order valence-electron chi connectivity index (χ0n) is 10.1. The van der Waals surface area contributed by atoms with E-state index in [0.717, 1.165) is 0 Å². The van der Waals surface area contributed by atoms with Crippen molar-refractivity contribution in [2.45, 2.75) is 0 Å². The molecule has 0 aliphatic heterocycles. The van der Waals surface area contributed by atoms with E-state index in [4.69, 9.17) is 15.2 Å². The fourth-order valence-corrected chi connectivity index (χ4v) is 1.72. The van der Waals surface area contributed by atoms with E-state index < -0.39 is 5.91 Å². The molecule has 2 rings (SSSR count). The van der Waals surface area contributed by atoms with Crippen LogP contribution in [0.25, 0.3) is 11.3 Å². The molecule has 0 bridgehead atoms. The summed E-state index contributed by atoms with van der Waals surface area (Å²) in [5, 5.41) is 6.76. The maximum absolute atomic E-state index is 11.4. The summed E-state index contributed by atoms with van der Waals surface area (Å²) in [5.41, 5.74) is 6.88. The molecule has 0 saturated heterocycles. The Kier molecular flexibility index (Phi) is 3.18. The number of ether oxygens (including phenoxy) is 2. The van der Waals surface area contributed by atoms with Gasteiger partial charge in [0.2, 0.25) is 0 Å². The molecule has 0 unspecified atom stereocenters. The Balaban J connectivity index is 2.70. The number of aromatic nitrogens is 2. The second kappa shape index (κ2) is 4.79. The van der Waals surface area contributed by atoms with Gasteiger partial charge in [0.05, 0.1) is 25.5 Å². The van der Waals surface area contributed by atoms with Crippen LogP contribution in [-0.2, 0) is 0 Å². The molecule has 0 saturated carbocycles. The first-order valence-corrected chi connectivity index (χ1v) is 5.23. The number of nitrogens with one attached hydrogen (secondary N) is 1. The summed E-state index contributed by atoms with van der Waals surface area (Å²) >= 11 is 0. The highest BCUT2D eigenvalue weighted by atomic mass is 16.5. The van der Waals surface area contributed by atoms with Gasteiger partial charge in [-0.15, -0.1) is 0 Å². The predicted molar refractivity (Wildman–Crippen MR) is 65.6 cm³/mol. The van der Waals surface area contributed by atoms with Crippen LogP contribution in [0, 0.1) is 0 Å². The number of rotatable bonds is 4. The van der Waals surface area contributed by atoms with E-state index in [9.17, 15) is 4.79 Å². The van der Waals surface area contributed by atoms with Gasteiger partial charge < -0.3 is 15.2 Å². The van der Waals surface area contributed by atoms with Crippen LogP contribution in [0.3, 0.4) is 0 Å². The van der Waals surface area contributed by atoms with Gasteiger partial charge >= 0.3 is 0 Å². The van der Waals surface area contributed by atoms with Crippen molar-refractivity contribution in [3.8, 4) is 22.8 Å². The van der Waals surface area contributed by atoms with E-state index in [1.807, 2.05) is 0 Å². The van der Waals surface area contributed by atoms with E-state index in [1.165, 1.54) is 20.3 Å². The lowest BCUT2D eigenvalue weighted by molar-refractivity contribution is 0.0997. The number of aromatic amines is 1. The normalized spacial score (nSPS) is 10.1. The summed E-state index contributed by atoms with van der Waals surface area (Å²) in [5.74, 6) is 0.320. The van der Waals surface area contributed by atoms with Gasteiger partial charge in [-0.3, -0.25) is 9.89 Å². The van der Waals surface area contributed by atoms with Gasteiger partial charge in [-0.2, -0.15) is 5.10 Å². The Morgan fingerprint density at radius 1 is 1.33 bits per heavy atom. The fourth-order valence-electron chi connectivity index (χ4n) is 1.72. The van der Waals surface area contributed by atoms with Crippen molar-refractivity contribution in [3.05, 3.63) is 30.0 Å². The van der Waals surface area contributed by atoms with Crippen LogP contribution in [0.15, 0.2) is 24.4 Å². The minimum Gasteiger partial charge on any atom is -0.497 e. The molecule has 3 N–H and O–H groups in total. The molecule has 1 aromatic heterocycles. The van der Waals surface area contributed by atoms with Crippen molar-refractivity contribution in [2.75, 3.05) is 14.2 Å². The van der Waals surface area contributed by atoms with Crippen LogP contribution in [0.4, 0.5) is 0 Å². The van der Waals surface area contributed by atoms with E-state index in [1.54, 1.807) is 18.3 Å². The highest BCUT2D eigenvalue weighted by Gasteiger charge is 2.18. The first-order chi connectivity index (χ1) is 8.67. The smallest absolute Gasteiger partial charge is 0.252 e. The zero-order chi connectivity index (χ0) is 13.1. The van der Waals surface area contributed by atoms with E-state index >= 15 is 0 Å². The van der Waals surface area contributed by atoms with Crippen LogP contribution in [0.5, 0.6) is 11.5 Å². The van der Waals surface area contributed by atoms with Crippen molar-refractivity contribution in [1.82, 2.24) is 10.2 Å². The molecule has 0 fully saturated rings. The molecule has 94 valence electrons. The third-order valence-corrected chi connectivity index (χ3v) is 2.54. The number of nitrogens with zero attached hydrogens (tertiary/aromatic N) is 1. The minimum absolute atomic E-state index is 0.259. The van der Waals surface area contributed by atoms with Crippen molar-refractivity contribution in [2.24, 2.45) is 5.73 Å². The molecular formula is C12H13N3O3. The van der Waals surface area contributed by atoms with Gasteiger partial charge in [-0.05, 0) is 18.2 Å². The topological polar surface area (TPSA) is 90.2 Å². The second-order valence-corrected chi connectivity index (χ2v) is 3.58. The van der Waals surface area contributed by atoms with Gasteiger partial charge in [0.15, 0.2) is 0 Å².